The monoisotopic (exact) mass is 193 g/mol. The maximum absolute atomic E-state index is 4.31. The maximum atomic E-state index is 4.31. The van der Waals surface area contributed by atoms with Gasteiger partial charge in [-0.25, -0.2) is 4.68 Å². The summed E-state index contributed by atoms with van der Waals surface area (Å²) >= 11 is 0. The molecule has 6 nitrogen and oxygen atoms in total. The van der Waals surface area contributed by atoms with Crippen LogP contribution in [0.25, 0.3) is 5.43 Å². The Hall–Kier alpha value is -1.56. The summed E-state index contributed by atoms with van der Waals surface area (Å²) in [6, 6.07) is 0. The number of rotatable bonds is 2. The van der Waals surface area contributed by atoms with Gasteiger partial charge in [-0.1, -0.05) is 12.1 Å². The number of nitrogens with zero attached hydrogens (tertiary/aromatic N) is 6. The average Bonchev–Trinajstić information content (AvgIpc) is 2.61. The number of hydrogen-bond donors (Lipinski definition) is 0. The number of allylic oxidation sites excluding steroid dienone is 1. The van der Waals surface area contributed by atoms with E-state index in [9.17, 15) is 0 Å². The van der Waals surface area contributed by atoms with Crippen LogP contribution in [0.2, 0.25) is 0 Å². The van der Waals surface area contributed by atoms with Crippen molar-refractivity contribution in [3.63, 3.8) is 0 Å². The van der Waals surface area contributed by atoms with Crippen LogP contribution >= 0.6 is 0 Å². The van der Waals surface area contributed by atoms with E-state index in [1.165, 1.54) is 0 Å². The third kappa shape index (κ3) is 1.69. The minimum absolute atomic E-state index is 0.588. The second-order valence-corrected chi connectivity index (χ2v) is 3.36. The summed E-state index contributed by atoms with van der Waals surface area (Å²) in [5.41, 5.74) is 6.21. The maximum Gasteiger partial charge on any atom is 0.0978 e. The van der Waals surface area contributed by atoms with E-state index in [1.807, 2.05) is 43.4 Å². The summed E-state index contributed by atoms with van der Waals surface area (Å²) in [7, 11) is 1.95. The Morgan fingerprint density at radius 2 is 2.21 bits per heavy atom. The van der Waals surface area contributed by atoms with Crippen molar-refractivity contribution in [2.75, 3.05) is 7.05 Å². The molecule has 1 aromatic heterocycles. The van der Waals surface area contributed by atoms with Crippen molar-refractivity contribution in [1.29, 1.82) is 0 Å². The first-order valence-electron chi connectivity index (χ1n) is 4.42. The molecule has 1 aromatic rings. The Kier molecular flexibility index (Phi) is 2.12. The van der Waals surface area contributed by atoms with Crippen molar-refractivity contribution >= 4 is 0 Å². The molecule has 0 atom stereocenters. The second-order valence-electron chi connectivity index (χ2n) is 3.36. The van der Waals surface area contributed by atoms with Crippen LogP contribution in [0.3, 0.4) is 0 Å². The van der Waals surface area contributed by atoms with Gasteiger partial charge in [-0.3, -0.25) is 5.12 Å². The van der Waals surface area contributed by atoms with Gasteiger partial charge in [-0.15, -0.1) is 10.8 Å². The van der Waals surface area contributed by atoms with Crippen LogP contribution in [-0.4, -0.2) is 32.2 Å². The van der Waals surface area contributed by atoms with Crippen LogP contribution in [0.4, 0.5) is 0 Å². The smallest absolute Gasteiger partial charge is 0.0978 e. The van der Waals surface area contributed by atoms with E-state index in [1.54, 1.807) is 4.68 Å². The summed E-state index contributed by atoms with van der Waals surface area (Å²) in [6.45, 7) is 4.46. The molecule has 0 spiro atoms. The molecule has 0 N–H and O–H groups in total. The minimum atomic E-state index is 0.588. The van der Waals surface area contributed by atoms with Gasteiger partial charge in [0.05, 0.1) is 12.4 Å². The fraction of sp³-hybridized carbons (Fsp3) is 0.500. The van der Waals surface area contributed by atoms with E-state index >= 15 is 0 Å². The lowest BCUT2D eigenvalue weighted by Gasteiger charge is -2.36. The first-order valence-corrected chi connectivity index (χ1v) is 4.42. The van der Waals surface area contributed by atoms with Gasteiger partial charge >= 0.3 is 0 Å². The van der Waals surface area contributed by atoms with Gasteiger partial charge < -0.3 is 10.4 Å². The molecule has 6 heteroatoms. The first-order chi connectivity index (χ1) is 6.65. The molecule has 0 bridgehead atoms. The largest absolute Gasteiger partial charge is 0.602 e. The number of aryl methyl sites for hydroxylation is 1. The van der Waals surface area contributed by atoms with Crippen LogP contribution in [0.15, 0.2) is 18.1 Å². The Morgan fingerprint density at radius 3 is 2.71 bits per heavy atom. The zero-order valence-corrected chi connectivity index (χ0v) is 8.55. The average molecular weight is 193 g/mol. The SMILES string of the molecule is CC1=CN(C)N(Cn2cc(C)nn2)[N-]1. The van der Waals surface area contributed by atoms with Crippen molar-refractivity contribution < 1.29 is 0 Å². The van der Waals surface area contributed by atoms with Gasteiger partial charge in [-0.05, 0) is 13.1 Å². The summed E-state index contributed by atoms with van der Waals surface area (Å²) in [5, 5.41) is 11.6. The molecule has 0 unspecified atom stereocenters. The third-order valence-corrected chi connectivity index (χ3v) is 1.94. The van der Waals surface area contributed by atoms with E-state index < -0.39 is 0 Å². The fourth-order valence-electron chi connectivity index (χ4n) is 1.34. The van der Waals surface area contributed by atoms with Gasteiger partial charge in [0, 0.05) is 13.2 Å². The van der Waals surface area contributed by atoms with Gasteiger partial charge in [0.15, 0.2) is 0 Å². The number of aromatic nitrogens is 3. The highest BCUT2D eigenvalue weighted by Crippen LogP contribution is 2.20. The molecule has 2 heterocycles. The first kappa shape index (κ1) is 9.01. The van der Waals surface area contributed by atoms with Gasteiger partial charge in [-0.2, -0.15) is 0 Å². The van der Waals surface area contributed by atoms with Crippen LogP contribution < -0.4 is 0 Å². The Morgan fingerprint density at radius 1 is 1.43 bits per heavy atom. The molecule has 76 valence electrons. The molecule has 2 rings (SSSR count). The normalized spacial score (nSPS) is 17.1. The molecular weight excluding hydrogens is 180 g/mol. The zero-order chi connectivity index (χ0) is 10.1. The fourth-order valence-corrected chi connectivity index (χ4v) is 1.34. The molecule has 1 aliphatic heterocycles. The summed E-state index contributed by atoms with van der Waals surface area (Å²) < 4.78 is 1.75. The molecule has 0 amide bonds. The second kappa shape index (κ2) is 3.30. The van der Waals surface area contributed by atoms with Crippen molar-refractivity contribution in [2.24, 2.45) is 0 Å². The molecule has 0 aliphatic carbocycles. The van der Waals surface area contributed by atoms with E-state index in [4.69, 9.17) is 0 Å². The van der Waals surface area contributed by atoms with Crippen LogP contribution in [0.5, 0.6) is 0 Å². The zero-order valence-electron chi connectivity index (χ0n) is 8.55. The van der Waals surface area contributed by atoms with Crippen molar-refractivity contribution in [1.82, 2.24) is 25.1 Å². The van der Waals surface area contributed by atoms with Gasteiger partial charge in [0.2, 0.25) is 0 Å². The van der Waals surface area contributed by atoms with Gasteiger partial charge in [0.1, 0.15) is 0 Å². The van der Waals surface area contributed by atoms with Crippen molar-refractivity contribution in [3.8, 4) is 0 Å². The van der Waals surface area contributed by atoms with E-state index in [-0.39, 0.29) is 0 Å². The Bertz CT molecular complexity index is 354. The standard InChI is InChI=1S/C8H13N6/c1-7-5-13(11-9-7)6-14-10-8(2)4-12(14)3/h4-5H,6H2,1-3H3/q-1. The minimum Gasteiger partial charge on any atom is -0.602 e. The van der Waals surface area contributed by atoms with E-state index in [0.29, 0.717) is 6.67 Å². The van der Waals surface area contributed by atoms with Gasteiger partial charge in [0.25, 0.3) is 0 Å². The lowest BCUT2D eigenvalue weighted by Crippen LogP contribution is -2.30. The summed E-state index contributed by atoms with van der Waals surface area (Å²) in [5.74, 6) is 0. The highest BCUT2D eigenvalue weighted by Gasteiger charge is 2.06. The van der Waals surface area contributed by atoms with Crippen LogP contribution in [0, 0.1) is 6.92 Å². The predicted octanol–water partition coefficient (Wildman–Crippen LogP) is 0.856. The molecule has 0 saturated carbocycles. The van der Waals surface area contributed by atoms with E-state index in [2.05, 4.69) is 15.7 Å². The van der Waals surface area contributed by atoms with E-state index in [0.717, 1.165) is 11.4 Å². The molecule has 0 radical (unpaired) electrons. The van der Waals surface area contributed by atoms with Crippen molar-refractivity contribution in [2.45, 2.75) is 20.5 Å². The lowest BCUT2D eigenvalue weighted by molar-refractivity contribution is 0.0681. The molecule has 0 saturated heterocycles. The molecule has 0 aromatic carbocycles. The summed E-state index contributed by atoms with van der Waals surface area (Å²) in [4.78, 5) is 0. The van der Waals surface area contributed by atoms with Crippen LogP contribution in [-0.2, 0) is 6.67 Å². The topological polar surface area (TPSA) is 51.3 Å². The van der Waals surface area contributed by atoms with Crippen molar-refractivity contribution in [3.05, 3.63) is 29.2 Å². The number of hydrogen-bond acceptors (Lipinski definition) is 4. The molecule has 14 heavy (non-hydrogen) atoms. The molecule has 1 aliphatic rings. The Labute approximate surface area is 82.7 Å². The highest BCUT2D eigenvalue weighted by molar-refractivity contribution is 5.15. The lowest BCUT2D eigenvalue weighted by atomic mass is 10.6. The number of hydrazine groups is 1. The quantitative estimate of drug-likeness (QED) is 0.699. The molecular formula is C8H13N6-. The third-order valence-electron chi connectivity index (χ3n) is 1.94. The van der Waals surface area contributed by atoms with Crippen LogP contribution in [0.1, 0.15) is 12.6 Å². The summed E-state index contributed by atoms with van der Waals surface area (Å²) in [6.07, 6.45) is 3.85. The Balaban J connectivity index is 2.00. The predicted molar refractivity (Wildman–Crippen MR) is 51.5 cm³/mol. The highest BCUT2D eigenvalue weighted by atomic mass is 15.8. The molecule has 0 fully saturated rings.